The van der Waals surface area contributed by atoms with Crippen LogP contribution in [0.4, 0.5) is 5.69 Å². The number of benzene rings is 1. The van der Waals surface area contributed by atoms with E-state index in [1.807, 2.05) is 0 Å². The van der Waals surface area contributed by atoms with Crippen LogP contribution in [0, 0.1) is 0 Å². The van der Waals surface area contributed by atoms with Gasteiger partial charge >= 0.3 is 0 Å². The van der Waals surface area contributed by atoms with E-state index >= 15 is 0 Å². The maximum Gasteiger partial charge on any atom is 0.251 e. The van der Waals surface area contributed by atoms with Gasteiger partial charge in [0.05, 0.1) is 0 Å². The molecule has 126 valence electrons. The third-order valence-corrected chi connectivity index (χ3v) is 4.04. The van der Waals surface area contributed by atoms with Gasteiger partial charge in [0, 0.05) is 43.1 Å². The lowest BCUT2D eigenvalue weighted by molar-refractivity contribution is -0.138. The second-order valence-electron chi connectivity index (χ2n) is 6.07. The van der Waals surface area contributed by atoms with Gasteiger partial charge in [-0.3, -0.25) is 24.1 Å². The highest BCUT2D eigenvalue weighted by molar-refractivity contribution is 6.02. The number of likely N-dealkylation sites (tertiary alicyclic amines) is 1. The van der Waals surface area contributed by atoms with E-state index in [0.29, 0.717) is 11.3 Å². The van der Waals surface area contributed by atoms with Gasteiger partial charge in [-0.25, -0.2) is 0 Å². The van der Waals surface area contributed by atoms with E-state index in [0.717, 1.165) is 17.7 Å². The molecule has 1 aliphatic carbocycles. The summed E-state index contributed by atoms with van der Waals surface area (Å²) in [6.07, 6.45) is 2.50. The lowest BCUT2D eigenvalue weighted by Crippen LogP contribution is -2.32. The summed E-state index contributed by atoms with van der Waals surface area (Å²) < 4.78 is 0. The zero-order valence-corrected chi connectivity index (χ0v) is 13.2. The second-order valence-corrected chi connectivity index (χ2v) is 6.07. The summed E-state index contributed by atoms with van der Waals surface area (Å²) in [7, 11) is 0. The Hall–Kier alpha value is -2.70. The minimum atomic E-state index is -0.303. The van der Waals surface area contributed by atoms with E-state index in [1.165, 1.54) is 0 Å². The number of nitrogens with one attached hydrogen (secondary N) is 2. The lowest BCUT2D eigenvalue weighted by atomic mass is 10.2. The Morgan fingerprint density at radius 1 is 1.12 bits per heavy atom. The van der Waals surface area contributed by atoms with Gasteiger partial charge in [0.2, 0.25) is 17.7 Å². The molecule has 0 bridgehead atoms. The Bertz CT molecular complexity index is 681. The van der Waals surface area contributed by atoms with Crippen molar-refractivity contribution in [3.63, 3.8) is 0 Å². The quantitative estimate of drug-likeness (QED) is 0.763. The average molecular weight is 329 g/mol. The molecule has 2 fully saturated rings. The predicted molar refractivity (Wildman–Crippen MR) is 86.1 cm³/mol. The molecule has 1 saturated heterocycles. The Morgan fingerprint density at radius 2 is 1.83 bits per heavy atom. The van der Waals surface area contributed by atoms with Crippen LogP contribution in [0.25, 0.3) is 0 Å². The first-order valence-corrected chi connectivity index (χ1v) is 8.07. The van der Waals surface area contributed by atoms with Crippen LogP contribution in [0.5, 0.6) is 0 Å². The molecule has 24 heavy (non-hydrogen) atoms. The molecule has 4 amide bonds. The molecule has 0 atom stereocenters. The number of carbonyl (C=O) groups excluding carboxylic acids is 4. The van der Waals surface area contributed by atoms with Crippen molar-refractivity contribution in [2.75, 3.05) is 11.9 Å². The van der Waals surface area contributed by atoms with Crippen molar-refractivity contribution in [3.8, 4) is 0 Å². The van der Waals surface area contributed by atoms with Gasteiger partial charge in [-0.2, -0.15) is 0 Å². The zero-order valence-electron chi connectivity index (χ0n) is 13.2. The summed E-state index contributed by atoms with van der Waals surface area (Å²) in [6, 6.07) is 6.96. The number of hydrogen-bond acceptors (Lipinski definition) is 4. The molecule has 1 aromatic carbocycles. The maximum atomic E-state index is 12.0. The van der Waals surface area contributed by atoms with Crippen LogP contribution in [-0.4, -0.2) is 41.1 Å². The summed E-state index contributed by atoms with van der Waals surface area (Å²) in [4.78, 5) is 48.1. The number of nitrogens with zero attached hydrogens (tertiary/aromatic N) is 1. The van der Waals surface area contributed by atoms with Crippen LogP contribution < -0.4 is 10.6 Å². The van der Waals surface area contributed by atoms with E-state index in [2.05, 4.69) is 10.6 Å². The highest BCUT2D eigenvalue weighted by Crippen LogP contribution is 2.20. The summed E-state index contributed by atoms with van der Waals surface area (Å²) in [5.41, 5.74) is 1.01. The fourth-order valence-electron chi connectivity index (χ4n) is 2.54. The molecular weight excluding hydrogens is 310 g/mol. The molecule has 1 saturated carbocycles. The minimum Gasteiger partial charge on any atom is -0.349 e. The molecule has 0 unspecified atom stereocenters. The van der Waals surface area contributed by atoms with E-state index in [9.17, 15) is 19.2 Å². The van der Waals surface area contributed by atoms with Crippen LogP contribution in [0.1, 0.15) is 42.5 Å². The number of imide groups is 1. The number of amides is 4. The molecule has 2 aliphatic rings. The summed E-state index contributed by atoms with van der Waals surface area (Å²) in [5, 5.41) is 5.58. The van der Waals surface area contributed by atoms with E-state index in [-0.39, 0.29) is 55.5 Å². The van der Waals surface area contributed by atoms with Crippen molar-refractivity contribution in [3.05, 3.63) is 29.8 Å². The SMILES string of the molecule is O=C(CCN1C(=O)CCC1=O)Nc1cccc(C(=O)NC2CC2)c1. The van der Waals surface area contributed by atoms with Crippen molar-refractivity contribution in [2.45, 2.75) is 38.1 Å². The van der Waals surface area contributed by atoms with Crippen LogP contribution in [0.15, 0.2) is 24.3 Å². The van der Waals surface area contributed by atoms with Gasteiger partial charge < -0.3 is 10.6 Å². The van der Waals surface area contributed by atoms with E-state index < -0.39 is 0 Å². The summed E-state index contributed by atoms with van der Waals surface area (Å²) >= 11 is 0. The number of hydrogen-bond donors (Lipinski definition) is 2. The van der Waals surface area contributed by atoms with Gasteiger partial charge in [-0.1, -0.05) is 6.07 Å². The smallest absolute Gasteiger partial charge is 0.251 e. The van der Waals surface area contributed by atoms with Crippen molar-refractivity contribution in [2.24, 2.45) is 0 Å². The summed E-state index contributed by atoms with van der Waals surface area (Å²) in [6.45, 7) is 0.0886. The largest absolute Gasteiger partial charge is 0.349 e. The van der Waals surface area contributed by atoms with Gasteiger partial charge in [0.25, 0.3) is 5.91 Å². The van der Waals surface area contributed by atoms with Crippen LogP contribution in [0.3, 0.4) is 0 Å². The van der Waals surface area contributed by atoms with Gasteiger partial charge in [0.15, 0.2) is 0 Å². The summed E-state index contributed by atoms with van der Waals surface area (Å²) in [5.74, 6) is -0.915. The van der Waals surface area contributed by atoms with Gasteiger partial charge in [-0.05, 0) is 31.0 Å². The molecular formula is C17H19N3O4. The number of anilines is 1. The third kappa shape index (κ3) is 3.98. The lowest BCUT2D eigenvalue weighted by Gasteiger charge is -2.13. The van der Waals surface area contributed by atoms with Crippen molar-refractivity contribution >= 4 is 29.3 Å². The Kier molecular flexibility index (Phi) is 4.59. The molecule has 1 aromatic rings. The van der Waals surface area contributed by atoms with Crippen LogP contribution >= 0.6 is 0 Å². The van der Waals surface area contributed by atoms with Crippen molar-refractivity contribution in [1.29, 1.82) is 0 Å². The zero-order chi connectivity index (χ0) is 17.1. The standard InChI is InChI=1S/C17H19N3O4/c21-14(8-9-20-15(22)6-7-16(20)23)18-13-3-1-2-11(10-13)17(24)19-12-4-5-12/h1-3,10,12H,4-9H2,(H,18,21)(H,19,24). The Balaban J connectivity index is 1.53. The number of carbonyl (C=O) groups is 4. The molecule has 7 nitrogen and oxygen atoms in total. The Labute approximate surface area is 139 Å². The fraction of sp³-hybridized carbons (Fsp3) is 0.412. The molecule has 3 rings (SSSR count). The fourth-order valence-corrected chi connectivity index (χ4v) is 2.54. The predicted octanol–water partition coefficient (Wildman–Crippen LogP) is 1.06. The maximum absolute atomic E-state index is 12.0. The van der Waals surface area contributed by atoms with Crippen molar-refractivity contribution in [1.82, 2.24) is 10.2 Å². The normalized spacial score (nSPS) is 17.1. The highest BCUT2D eigenvalue weighted by atomic mass is 16.2. The van der Waals surface area contributed by atoms with Gasteiger partial charge in [-0.15, -0.1) is 0 Å². The molecule has 7 heteroatoms. The molecule has 0 spiro atoms. The van der Waals surface area contributed by atoms with Crippen LogP contribution in [0.2, 0.25) is 0 Å². The Morgan fingerprint density at radius 3 is 2.50 bits per heavy atom. The van der Waals surface area contributed by atoms with Crippen molar-refractivity contribution < 1.29 is 19.2 Å². The highest BCUT2D eigenvalue weighted by Gasteiger charge is 2.28. The molecule has 0 radical (unpaired) electrons. The van der Waals surface area contributed by atoms with Gasteiger partial charge in [0.1, 0.15) is 0 Å². The minimum absolute atomic E-state index is 0.0377. The first kappa shape index (κ1) is 16.2. The first-order valence-electron chi connectivity index (χ1n) is 8.07. The first-order chi connectivity index (χ1) is 11.5. The molecule has 1 aliphatic heterocycles. The average Bonchev–Trinajstić information content (AvgIpc) is 3.31. The van der Waals surface area contributed by atoms with E-state index in [4.69, 9.17) is 0 Å². The number of rotatable bonds is 6. The third-order valence-electron chi connectivity index (χ3n) is 4.04. The molecule has 2 N–H and O–H groups in total. The topological polar surface area (TPSA) is 95.6 Å². The van der Waals surface area contributed by atoms with E-state index in [1.54, 1.807) is 24.3 Å². The molecule has 0 aromatic heterocycles. The second kappa shape index (κ2) is 6.82. The monoisotopic (exact) mass is 329 g/mol. The van der Waals surface area contributed by atoms with Crippen LogP contribution in [-0.2, 0) is 14.4 Å². The molecule has 1 heterocycles.